The first kappa shape index (κ1) is 19.3. The SMILES string of the molecule is C=CCn1c(SCc2nc(-c3ccccc3)no2)nc2sc3c(c2c1=O)CCCC3. The van der Waals surface area contributed by atoms with Crippen LogP contribution in [0, 0.1) is 0 Å². The number of aryl methyl sites for hydroxylation is 2. The van der Waals surface area contributed by atoms with Crippen LogP contribution in [0.1, 0.15) is 29.2 Å². The summed E-state index contributed by atoms with van der Waals surface area (Å²) in [4.78, 5) is 24.8. The van der Waals surface area contributed by atoms with E-state index in [0.717, 1.165) is 35.0 Å². The van der Waals surface area contributed by atoms with Crippen molar-refractivity contribution in [2.24, 2.45) is 0 Å². The standard InChI is InChI=1S/C22H20N4O2S2/c1-2-12-26-21(27)18-15-10-6-7-11-16(15)30-20(18)24-22(26)29-13-17-23-19(25-28-17)14-8-4-3-5-9-14/h2-5,8-9H,1,6-7,10-13H2. The van der Waals surface area contributed by atoms with E-state index < -0.39 is 0 Å². The minimum atomic E-state index is 0.0253. The third kappa shape index (κ3) is 3.50. The molecule has 4 aromatic rings. The molecular formula is C22H20N4O2S2. The molecular weight excluding hydrogens is 416 g/mol. The van der Waals surface area contributed by atoms with Gasteiger partial charge in [0.25, 0.3) is 5.56 Å². The van der Waals surface area contributed by atoms with Gasteiger partial charge in [0.15, 0.2) is 5.16 Å². The van der Waals surface area contributed by atoms with E-state index in [2.05, 4.69) is 16.7 Å². The highest BCUT2D eigenvalue weighted by Gasteiger charge is 2.22. The maximum atomic E-state index is 13.3. The Morgan fingerprint density at radius 3 is 2.87 bits per heavy atom. The average Bonchev–Trinajstić information content (AvgIpc) is 3.40. The maximum absolute atomic E-state index is 13.3. The minimum Gasteiger partial charge on any atom is -0.338 e. The molecule has 0 saturated heterocycles. The summed E-state index contributed by atoms with van der Waals surface area (Å²) in [5, 5.41) is 5.52. The highest BCUT2D eigenvalue weighted by Crippen LogP contribution is 2.35. The summed E-state index contributed by atoms with van der Waals surface area (Å²) < 4.78 is 7.11. The molecule has 1 aliphatic rings. The Morgan fingerprint density at radius 2 is 2.03 bits per heavy atom. The molecule has 0 unspecified atom stereocenters. The molecule has 152 valence electrons. The monoisotopic (exact) mass is 436 g/mol. The number of aromatic nitrogens is 4. The van der Waals surface area contributed by atoms with Crippen LogP contribution in [0.4, 0.5) is 0 Å². The molecule has 0 radical (unpaired) electrons. The van der Waals surface area contributed by atoms with Gasteiger partial charge in [-0.3, -0.25) is 9.36 Å². The molecule has 6 nitrogen and oxygen atoms in total. The second-order valence-electron chi connectivity index (χ2n) is 7.16. The van der Waals surface area contributed by atoms with Gasteiger partial charge in [0.1, 0.15) is 4.83 Å². The van der Waals surface area contributed by atoms with E-state index in [1.807, 2.05) is 30.3 Å². The van der Waals surface area contributed by atoms with Gasteiger partial charge in [-0.2, -0.15) is 4.98 Å². The molecule has 30 heavy (non-hydrogen) atoms. The van der Waals surface area contributed by atoms with Gasteiger partial charge >= 0.3 is 0 Å². The molecule has 0 spiro atoms. The summed E-state index contributed by atoms with van der Waals surface area (Å²) in [5.41, 5.74) is 2.14. The zero-order chi connectivity index (χ0) is 20.5. The van der Waals surface area contributed by atoms with Crippen LogP contribution in [0.5, 0.6) is 0 Å². The van der Waals surface area contributed by atoms with Crippen LogP contribution in [-0.4, -0.2) is 19.7 Å². The number of thiophene rings is 1. The van der Waals surface area contributed by atoms with Crippen molar-refractivity contribution in [2.75, 3.05) is 0 Å². The van der Waals surface area contributed by atoms with E-state index in [4.69, 9.17) is 9.51 Å². The predicted octanol–water partition coefficient (Wildman–Crippen LogP) is 4.87. The maximum Gasteiger partial charge on any atom is 0.263 e. The van der Waals surface area contributed by atoms with Crippen molar-refractivity contribution < 1.29 is 4.52 Å². The number of allylic oxidation sites excluding steroid dienone is 1. The summed E-state index contributed by atoms with van der Waals surface area (Å²) in [6, 6.07) is 9.71. The predicted molar refractivity (Wildman–Crippen MR) is 120 cm³/mol. The van der Waals surface area contributed by atoms with Gasteiger partial charge in [0.2, 0.25) is 11.7 Å². The number of hydrogen-bond acceptors (Lipinski definition) is 7. The quantitative estimate of drug-likeness (QED) is 0.244. The molecule has 0 saturated carbocycles. The van der Waals surface area contributed by atoms with Gasteiger partial charge in [0, 0.05) is 17.0 Å². The lowest BCUT2D eigenvalue weighted by Crippen LogP contribution is -2.23. The minimum absolute atomic E-state index is 0.0253. The molecule has 0 aliphatic heterocycles. The second kappa shape index (κ2) is 8.20. The van der Waals surface area contributed by atoms with Crippen molar-refractivity contribution in [3.63, 3.8) is 0 Å². The fraction of sp³-hybridized carbons (Fsp3) is 0.273. The Morgan fingerprint density at radius 1 is 1.20 bits per heavy atom. The molecule has 3 heterocycles. The van der Waals surface area contributed by atoms with E-state index in [1.165, 1.54) is 28.6 Å². The first-order chi connectivity index (χ1) is 14.7. The zero-order valence-electron chi connectivity index (χ0n) is 16.3. The van der Waals surface area contributed by atoms with Gasteiger partial charge < -0.3 is 4.52 Å². The molecule has 5 rings (SSSR count). The number of fused-ring (bicyclic) bond motifs is 3. The van der Waals surface area contributed by atoms with E-state index in [0.29, 0.717) is 29.2 Å². The number of nitrogens with zero attached hydrogens (tertiary/aromatic N) is 4. The van der Waals surface area contributed by atoms with Gasteiger partial charge in [-0.05, 0) is 31.2 Å². The number of thioether (sulfide) groups is 1. The van der Waals surface area contributed by atoms with Crippen molar-refractivity contribution in [2.45, 2.75) is 43.1 Å². The molecule has 0 atom stereocenters. The highest BCUT2D eigenvalue weighted by atomic mass is 32.2. The number of hydrogen-bond donors (Lipinski definition) is 0. The topological polar surface area (TPSA) is 73.8 Å². The second-order valence-corrected chi connectivity index (χ2v) is 9.18. The molecule has 0 bridgehead atoms. The lowest BCUT2D eigenvalue weighted by atomic mass is 9.97. The van der Waals surface area contributed by atoms with E-state index in [-0.39, 0.29) is 5.56 Å². The molecule has 1 aliphatic carbocycles. The van der Waals surface area contributed by atoms with Crippen LogP contribution in [0.3, 0.4) is 0 Å². The van der Waals surface area contributed by atoms with Crippen molar-refractivity contribution in [3.8, 4) is 11.4 Å². The Labute approximate surface area is 181 Å². The van der Waals surface area contributed by atoms with E-state index >= 15 is 0 Å². The largest absolute Gasteiger partial charge is 0.338 e. The first-order valence-corrected chi connectivity index (χ1v) is 11.7. The molecule has 8 heteroatoms. The molecule has 0 amide bonds. The zero-order valence-corrected chi connectivity index (χ0v) is 18.0. The van der Waals surface area contributed by atoms with Gasteiger partial charge in [-0.15, -0.1) is 17.9 Å². The molecule has 1 aromatic carbocycles. The van der Waals surface area contributed by atoms with Gasteiger partial charge in [0.05, 0.1) is 11.1 Å². The molecule has 3 aromatic heterocycles. The van der Waals surface area contributed by atoms with Crippen LogP contribution in [0.25, 0.3) is 21.6 Å². The number of benzene rings is 1. The van der Waals surface area contributed by atoms with E-state index in [1.54, 1.807) is 22.0 Å². The smallest absolute Gasteiger partial charge is 0.263 e. The summed E-state index contributed by atoms with van der Waals surface area (Å²) in [5.74, 6) is 1.51. The average molecular weight is 437 g/mol. The normalized spacial score (nSPS) is 13.5. The summed E-state index contributed by atoms with van der Waals surface area (Å²) >= 11 is 3.10. The van der Waals surface area contributed by atoms with Crippen LogP contribution in [-0.2, 0) is 25.1 Å². The Bertz CT molecular complexity index is 1270. The third-order valence-electron chi connectivity index (χ3n) is 5.18. The van der Waals surface area contributed by atoms with Crippen molar-refractivity contribution >= 4 is 33.3 Å². The van der Waals surface area contributed by atoms with Gasteiger partial charge in [-0.25, -0.2) is 4.98 Å². The van der Waals surface area contributed by atoms with Crippen LogP contribution >= 0.6 is 23.1 Å². The summed E-state index contributed by atoms with van der Waals surface area (Å²) in [6.45, 7) is 4.24. The molecule has 0 fully saturated rings. The Balaban J connectivity index is 1.47. The fourth-order valence-electron chi connectivity index (χ4n) is 3.76. The lowest BCUT2D eigenvalue weighted by molar-refractivity contribution is 0.391. The van der Waals surface area contributed by atoms with Crippen LogP contribution < -0.4 is 5.56 Å². The van der Waals surface area contributed by atoms with Crippen LogP contribution in [0.15, 0.2) is 57.5 Å². The van der Waals surface area contributed by atoms with Crippen LogP contribution in [0.2, 0.25) is 0 Å². The Kier molecular flexibility index (Phi) is 5.26. The van der Waals surface area contributed by atoms with Crippen molar-refractivity contribution in [1.82, 2.24) is 19.7 Å². The van der Waals surface area contributed by atoms with Crippen molar-refractivity contribution in [3.05, 3.63) is 69.7 Å². The fourth-order valence-corrected chi connectivity index (χ4v) is 5.91. The molecule has 0 N–H and O–H groups in total. The summed E-state index contributed by atoms with van der Waals surface area (Å²) in [6.07, 6.45) is 6.07. The summed E-state index contributed by atoms with van der Waals surface area (Å²) in [7, 11) is 0. The third-order valence-corrected chi connectivity index (χ3v) is 7.32. The Hall–Kier alpha value is -2.71. The highest BCUT2D eigenvalue weighted by molar-refractivity contribution is 7.98. The number of rotatable bonds is 6. The first-order valence-electron chi connectivity index (χ1n) is 9.91. The van der Waals surface area contributed by atoms with Crippen molar-refractivity contribution in [1.29, 1.82) is 0 Å². The van der Waals surface area contributed by atoms with Gasteiger partial charge in [-0.1, -0.05) is 53.3 Å². The van der Waals surface area contributed by atoms with E-state index in [9.17, 15) is 4.79 Å². The lowest BCUT2D eigenvalue weighted by Gasteiger charge is -2.11.